The second-order valence-electron chi connectivity index (χ2n) is 5.41. The molecule has 0 aliphatic carbocycles. The van der Waals surface area contributed by atoms with E-state index in [1.807, 2.05) is 6.07 Å². The molecule has 0 saturated carbocycles. The van der Waals surface area contributed by atoms with Crippen molar-refractivity contribution in [2.24, 2.45) is 0 Å². The Morgan fingerprint density at radius 1 is 1.25 bits per heavy atom. The van der Waals surface area contributed by atoms with Gasteiger partial charge in [0.25, 0.3) is 5.91 Å². The SMILES string of the molecule is CCOC(=O)CNc1ccccc1C(=O)NCCN1CCOCC1. The van der Waals surface area contributed by atoms with Crippen LogP contribution in [0.5, 0.6) is 0 Å². The van der Waals surface area contributed by atoms with Crippen LogP contribution < -0.4 is 10.6 Å². The highest BCUT2D eigenvalue weighted by Gasteiger charge is 2.13. The minimum absolute atomic E-state index is 0.0336. The molecule has 7 nitrogen and oxygen atoms in total. The lowest BCUT2D eigenvalue weighted by Gasteiger charge is -2.26. The van der Waals surface area contributed by atoms with Gasteiger partial charge in [-0.15, -0.1) is 0 Å². The fourth-order valence-electron chi connectivity index (χ4n) is 2.46. The first-order chi connectivity index (χ1) is 11.7. The molecule has 132 valence electrons. The van der Waals surface area contributed by atoms with Gasteiger partial charge in [0.05, 0.1) is 25.4 Å². The Bertz CT molecular complexity index is 544. The summed E-state index contributed by atoms with van der Waals surface area (Å²) >= 11 is 0. The molecule has 0 atom stereocenters. The molecule has 0 aromatic heterocycles. The third-order valence-corrected chi connectivity index (χ3v) is 3.72. The summed E-state index contributed by atoms with van der Waals surface area (Å²) in [7, 11) is 0. The van der Waals surface area contributed by atoms with Gasteiger partial charge in [0, 0.05) is 31.9 Å². The molecule has 0 bridgehead atoms. The second-order valence-corrected chi connectivity index (χ2v) is 5.41. The summed E-state index contributed by atoms with van der Waals surface area (Å²) in [5, 5.41) is 5.88. The number of anilines is 1. The molecule has 1 aromatic rings. The molecule has 1 saturated heterocycles. The molecule has 0 spiro atoms. The number of morpholine rings is 1. The van der Waals surface area contributed by atoms with E-state index in [0.29, 0.717) is 24.4 Å². The Balaban J connectivity index is 1.83. The number of hydrogen-bond acceptors (Lipinski definition) is 6. The average molecular weight is 335 g/mol. The summed E-state index contributed by atoms with van der Waals surface area (Å²) in [5.74, 6) is -0.504. The van der Waals surface area contributed by atoms with Crippen molar-refractivity contribution in [3.8, 4) is 0 Å². The molecule has 2 N–H and O–H groups in total. The lowest BCUT2D eigenvalue weighted by molar-refractivity contribution is -0.140. The number of para-hydroxylation sites is 1. The molecule has 0 unspecified atom stereocenters. The second kappa shape index (κ2) is 9.89. The summed E-state index contributed by atoms with van der Waals surface area (Å²) in [6.07, 6.45) is 0. The lowest BCUT2D eigenvalue weighted by Crippen LogP contribution is -2.41. The number of rotatable bonds is 8. The van der Waals surface area contributed by atoms with E-state index in [0.717, 1.165) is 32.8 Å². The minimum Gasteiger partial charge on any atom is -0.465 e. The molecule has 1 heterocycles. The Labute approximate surface area is 142 Å². The highest BCUT2D eigenvalue weighted by molar-refractivity contribution is 5.99. The van der Waals surface area contributed by atoms with E-state index >= 15 is 0 Å². The summed E-state index contributed by atoms with van der Waals surface area (Å²) < 4.78 is 10.2. The van der Waals surface area contributed by atoms with Crippen LogP contribution >= 0.6 is 0 Å². The van der Waals surface area contributed by atoms with Gasteiger partial charge in [-0.05, 0) is 19.1 Å². The number of nitrogens with zero attached hydrogens (tertiary/aromatic N) is 1. The molecule has 24 heavy (non-hydrogen) atoms. The van der Waals surface area contributed by atoms with Crippen LogP contribution in [0.15, 0.2) is 24.3 Å². The minimum atomic E-state index is -0.347. The zero-order valence-electron chi connectivity index (χ0n) is 14.0. The molecule has 7 heteroatoms. The number of hydrogen-bond donors (Lipinski definition) is 2. The van der Waals surface area contributed by atoms with Crippen molar-refractivity contribution in [2.45, 2.75) is 6.92 Å². The van der Waals surface area contributed by atoms with Gasteiger partial charge in [0.2, 0.25) is 0 Å². The van der Waals surface area contributed by atoms with Crippen molar-refractivity contribution in [2.75, 3.05) is 57.9 Å². The van der Waals surface area contributed by atoms with Crippen LogP contribution in [0.4, 0.5) is 5.69 Å². The van der Waals surface area contributed by atoms with Gasteiger partial charge < -0.3 is 20.1 Å². The smallest absolute Gasteiger partial charge is 0.325 e. The monoisotopic (exact) mass is 335 g/mol. The maximum absolute atomic E-state index is 12.4. The Morgan fingerprint density at radius 3 is 2.75 bits per heavy atom. The van der Waals surface area contributed by atoms with Crippen molar-refractivity contribution in [1.29, 1.82) is 0 Å². The topological polar surface area (TPSA) is 79.9 Å². The normalized spacial score (nSPS) is 14.9. The average Bonchev–Trinajstić information content (AvgIpc) is 2.61. The number of esters is 1. The van der Waals surface area contributed by atoms with Crippen LogP contribution in [-0.4, -0.2) is 69.3 Å². The van der Waals surface area contributed by atoms with Crippen LogP contribution in [0.25, 0.3) is 0 Å². The number of nitrogens with one attached hydrogen (secondary N) is 2. The number of carbonyl (C=O) groups is 2. The van der Waals surface area contributed by atoms with Crippen molar-refractivity contribution >= 4 is 17.6 Å². The largest absolute Gasteiger partial charge is 0.465 e. The van der Waals surface area contributed by atoms with Gasteiger partial charge in [-0.3, -0.25) is 14.5 Å². The van der Waals surface area contributed by atoms with E-state index in [1.165, 1.54) is 0 Å². The first-order valence-corrected chi connectivity index (χ1v) is 8.27. The number of amides is 1. The van der Waals surface area contributed by atoms with E-state index < -0.39 is 0 Å². The Kier molecular flexibility index (Phi) is 7.51. The van der Waals surface area contributed by atoms with Gasteiger partial charge in [0.1, 0.15) is 6.54 Å². The van der Waals surface area contributed by atoms with E-state index in [1.54, 1.807) is 25.1 Å². The molecule has 0 radical (unpaired) electrons. The molecule has 1 aromatic carbocycles. The number of ether oxygens (including phenoxy) is 2. The highest BCUT2D eigenvalue weighted by Crippen LogP contribution is 2.14. The lowest BCUT2D eigenvalue weighted by atomic mass is 10.1. The molecular formula is C17H25N3O4. The van der Waals surface area contributed by atoms with E-state index in [-0.39, 0.29) is 18.4 Å². The Morgan fingerprint density at radius 2 is 2.00 bits per heavy atom. The third-order valence-electron chi connectivity index (χ3n) is 3.72. The summed E-state index contributed by atoms with van der Waals surface area (Å²) in [6, 6.07) is 7.12. The van der Waals surface area contributed by atoms with E-state index in [9.17, 15) is 9.59 Å². The van der Waals surface area contributed by atoms with Gasteiger partial charge in [-0.25, -0.2) is 0 Å². The van der Waals surface area contributed by atoms with Crippen LogP contribution in [0.2, 0.25) is 0 Å². The van der Waals surface area contributed by atoms with Crippen molar-refractivity contribution in [3.63, 3.8) is 0 Å². The Hall–Kier alpha value is -2.12. The standard InChI is InChI=1S/C17H25N3O4/c1-2-24-16(21)13-19-15-6-4-3-5-14(15)17(22)18-7-8-20-9-11-23-12-10-20/h3-6,19H,2,7-13H2,1H3,(H,18,22). The molecule has 1 aliphatic rings. The molecular weight excluding hydrogens is 310 g/mol. The van der Waals surface area contributed by atoms with Crippen LogP contribution in [-0.2, 0) is 14.3 Å². The predicted molar refractivity (Wildman–Crippen MR) is 91.2 cm³/mol. The van der Waals surface area contributed by atoms with Crippen LogP contribution in [0, 0.1) is 0 Å². The van der Waals surface area contributed by atoms with Gasteiger partial charge in [-0.1, -0.05) is 12.1 Å². The van der Waals surface area contributed by atoms with Gasteiger partial charge in [-0.2, -0.15) is 0 Å². The fourth-order valence-corrected chi connectivity index (χ4v) is 2.46. The molecule has 1 aliphatic heterocycles. The maximum atomic E-state index is 12.4. The number of carbonyl (C=O) groups excluding carboxylic acids is 2. The van der Waals surface area contributed by atoms with Gasteiger partial charge in [0.15, 0.2) is 0 Å². The molecule has 1 fully saturated rings. The zero-order chi connectivity index (χ0) is 17.2. The number of benzene rings is 1. The third kappa shape index (κ3) is 5.82. The maximum Gasteiger partial charge on any atom is 0.325 e. The first-order valence-electron chi connectivity index (χ1n) is 8.27. The predicted octanol–water partition coefficient (Wildman–Crippen LogP) is 0.724. The highest BCUT2D eigenvalue weighted by atomic mass is 16.5. The molecule has 2 rings (SSSR count). The van der Waals surface area contributed by atoms with Crippen molar-refractivity contribution in [1.82, 2.24) is 10.2 Å². The van der Waals surface area contributed by atoms with Crippen molar-refractivity contribution in [3.05, 3.63) is 29.8 Å². The quantitative estimate of drug-likeness (QED) is 0.682. The zero-order valence-corrected chi connectivity index (χ0v) is 14.0. The fraction of sp³-hybridized carbons (Fsp3) is 0.529. The summed E-state index contributed by atoms with van der Waals surface area (Å²) in [5.41, 5.74) is 1.14. The van der Waals surface area contributed by atoms with Crippen molar-refractivity contribution < 1.29 is 19.1 Å². The molecule has 1 amide bonds. The first kappa shape index (κ1) is 18.2. The van der Waals surface area contributed by atoms with Crippen LogP contribution in [0.3, 0.4) is 0 Å². The van der Waals surface area contributed by atoms with Crippen LogP contribution in [0.1, 0.15) is 17.3 Å². The summed E-state index contributed by atoms with van der Waals surface area (Å²) in [4.78, 5) is 26.1. The summed E-state index contributed by atoms with van der Waals surface area (Å²) in [6.45, 7) is 6.78. The van der Waals surface area contributed by atoms with Gasteiger partial charge >= 0.3 is 5.97 Å². The van der Waals surface area contributed by atoms with E-state index in [2.05, 4.69) is 15.5 Å². The van der Waals surface area contributed by atoms with E-state index in [4.69, 9.17) is 9.47 Å².